The molecule has 0 aromatic heterocycles. The van der Waals surface area contributed by atoms with Crippen molar-refractivity contribution in [3.05, 3.63) is 29.6 Å². The first-order chi connectivity index (χ1) is 11.3. The van der Waals surface area contributed by atoms with Gasteiger partial charge in [0.05, 0.1) is 11.3 Å². The van der Waals surface area contributed by atoms with E-state index in [1.807, 2.05) is 0 Å². The van der Waals surface area contributed by atoms with Gasteiger partial charge in [-0.05, 0) is 63.0 Å². The van der Waals surface area contributed by atoms with Crippen LogP contribution in [0.25, 0.3) is 0 Å². The smallest absolute Gasteiger partial charge is 0.321 e. The Labute approximate surface area is 137 Å². The Hall–Kier alpha value is -1.76. The Morgan fingerprint density at radius 2 is 1.79 bits per heavy atom. The highest BCUT2D eigenvalue weighted by Crippen LogP contribution is 2.56. The molecule has 2 heterocycles. The van der Waals surface area contributed by atoms with Crippen molar-refractivity contribution in [2.24, 2.45) is 11.8 Å². The molecule has 0 radical (unpaired) electrons. The summed E-state index contributed by atoms with van der Waals surface area (Å²) in [6.07, 6.45) is 4.60. The summed E-state index contributed by atoms with van der Waals surface area (Å²) in [5.74, 6) is -3.29. The highest BCUT2D eigenvalue weighted by atomic mass is 19.2. The minimum atomic E-state index is -1.61. The third kappa shape index (κ3) is 2.55. The van der Waals surface area contributed by atoms with E-state index in [1.165, 1.54) is 0 Å². The summed E-state index contributed by atoms with van der Waals surface area (Å²) in [6.45, 7) is 2.06. The number of ether oxygens (including phenoxy) is 1. The van der Waals surface area contributed by atoms with Crippen LogP contribution in [-0.2, 0) is 4.74 Å². The maximum Gasteiger partial charge on any atom is 0.321 e. The number of hydrogen-bond donors (Lipinski definition) is 2. The van der Waals surface area contributed by atoms with Crippen LogP contribution in [0.5, 0.6) is 0 Å². The van der Waals surface area contributed by atoms with Gasteiger partial charge in [0.25, 0.3) is 0 Å². The Morgan fingerprint density at radius 3 is 2.42 bits per heavy atom. The summed E-state index contributed by atoms with van der Waals surface area (Å²) < 4.78 is 46.1. The van der Waals surface area contributed by atoms with E-state index in [-0.39, 0.29) is 5.60 Å². The van der Waals surface area contributed by atoms with Crippen LogP contribution >= 0.6 is 0 Å². The molecule has 130 valence electrons. The molecular weight excluding hydrogens is 321 g/mol. The quantitative estimate of drug-likeness (QED) is 0.802. The molecule has 2 N–H and O–H groups in total. The minimum Gasteiger partial charge on any atom is -0.350 e. The third-order valence-corrected chi connectivity index (χ3v) is 5.41. The zero-order valence-corrected chi connectivity index (χ0v) is 13.3. The molecule has 0 spiro atoms. The zero-order valence-electron chi connectivity index (χ0n) is 13.3. The van der Waals surface area contributed by atoms with Gasteiger partial charge in [0.2, 0.25) is 0 Å². The molecular formula is C17H19F3N2O2. The number of hydrogen-bond acceptors (Lipinski definition) is 2. The lowest BCUT2D eigenvalue weighted by Crippen LogP contribution is -2.67. The molecule has 1 aromatic carbocycles. The average molecular weight is 340 g/mol. The lowest BCUT2D eigenvalue weighted by Gasteiger charge is -2.60. The summed E-state index contributed by atoms with van der Waals surface area (Å²) in [4.78, 5) is 12.3. The number of benzene rings is 1. The Balaban J connectivity index is 1.50. The van der Waals surface area contributed by atoms with Crippen molar-refractivity contribution in [2.75, 3.05) is 5.32 Å². The van der Waals surface area contributed by atoms with Gasteiger partial charge >= 0.3 is 6.03 Å². The van der Waals surface area contributed by atoms with Gasteiger partial charge in [0.15, 0.2) is 17.5 Å². The van der Waals surface area contributed by atoms with Gasteiger partial charge in [0, 0.05) is 0 Å². The number of nitrogens with one attached hydrogen (secondary N) is 2. The van der Waals surface area contributed by atoms with Crippen LogP contribution in [0.3, 0.4) is 0 Å². The number of amides is 2. The molecule has 4 bridgehead atoms. The predicted octanol–water partition coefficient (Wildman–Crippen LogP) is 3.92. The molecule has 4 atom stereocenters. The number of carbonyl (C=O) groups excluding carboxylic acids is 1. The van der Waals surface area contributed by atoms with E-state index in [9.17, 15) is 18.0 Å². The maximum absolute atomic E-state index is 13.7. The standard InChI is InChI=1S/C17H19F3N2O2/c1-16-5-9-4-10(6-16)8-17(7-9,24-16)22-15(23)21-12-3-2-11(18)13(19)14(12)20/h2-3,9-10H,4-8H2,1H3,(H2,21,22,23)/t9-,10?,16?,17?/m0/s1. The molecule has 7 heteroatoms. The molecule has 4 aliphatic rings. The van der Waals surface area contributed by atoms with Crippen LogP contribution in [0, 0.1) is 29.3 Å². The second-order valence-electron chi connectivity index (χ2n) is 7.63. The van der Waals surface area contributed by atoms with Crippen molar-refractivity contribution in [1.82, 2.24) is 5.32 Å². The van der Waals surface area contributed by atoms with Gasteiger partial charge in [0.1, 0.15) is 5.72 Å². The highest BCUT2D eigenvalue weighted by Gasteiger charge is 2.57. The monoisotopic (exact) mass is 340 g/mol. The van der Waals surface area contributed by atoms with E-state index in [0.29, 0.717) is 11.8 Å². The van der Waals surface area contributed by atoms with E-state index in [1.54, 1.807) is 0 Å². The molecule has 24 heavy (non-hydrogen) atoms. The lowest BCUT2D eigenvalue weighted by atomic mass is 9.60. The molecule has 2 aliphatic carbocycles. The highest BCUT2D eigenvalue weighted by molar-refractivity contribution is 5.89. The van der Waals surface area contributed by atoms with Crippen LogP contribution < -0.4 is 10.6 Å². The summed E-state index contributed by atoms with van der Waals surface area (Å²) in [5.41, 5.74) is -1.38. The van der Waals surface area contributed by atoms with E-state index < -0.39 is 34.9 Å². The van der Waals surface area contributed by atoms with Crippen LogP contribution in [0.4, 0.5) is 23.7 Å². The molecule has 4 nitrogen and oxygen atoms in total. The predicted molar refractivity (Wildman–Crippen MR) is 80.8 cm³/mol. The average Bonchev–Trinajstić information content (AvgIpc) is 2.45. The minimum absolute atomic E-state index is 0.232. The van der Waals surface area contributed by atoms with Gasteiger partial charge in [-0.2, -0.15) is 0 Å². The van der Waals surface area contributed by atoms with E-state index in [0.717, 1.165) is 44.2 Å². The Kier molecular flexibility index (Phi) is 3.36. The number of rotatable bonds is 2. The van der Waals surface area contributed by atoms with Crippen LogP contribution in [-0.4, -0.2) is 17.4 Å². The third-order valence-electron chi connectivity index (χ3n) is 5.41. The van der Waals surface area contributed by atoms with Crippen molar-refractivity contribution in [3.8, 4) is 0 Å². The zero-order chi connectivity index (χ0) is 17.1. The Bertz CT molecular complexity index is 695. The van der Waals surface area contributed by atoms with E-state index in [4.69, 9.17) is 4.74 Å². The van der Waals surface area contributed by atoms with Gasteiger partial charge in [-0.3, -0.25) is 0 Å². The summed E-state index contributed by atoms with van der Waals surface area (Å²) in [5, 5.41) is 5.06. The SMILES string of the molecule is CC12CC3C[C@@H](C1)CC(NC(=O)Nc1ccc(F)c(F)c1F)(C3)O2. The summed E-state index contributed by atoms with van der Waals surface area (Å²) in [6, 6.07) is 1.09. The second-order valence-corrected chi connectivity index (χ2v) is 7.63. The van der Waals surface area contributed by atoms with Gasteiger partial charge < -0.3 is 15.4 Å². The van der Waals surface area contributed by atoms with Crippen molar-refractivity contribution in [2.45, 2.75) is 50.4 Å². The van der Waals surface area contributed by atoms with E-state index >= 15 is 0 Å². The Morgan fingerprint density at radius 1 is 1.12 bits per heavy atom. The first-order valence-corrected chi connectivity index (χ1v) is 8.20. The summed E-state index contributed by atoms with van der Waals surface area (Å²) >= 11 is 0. The molecule has 2 saturated heterocycles. The van der Waals surface area contributed by atoms with Crippen molar-refractivity contribution in [1.29, 1.82) is 0 Å². The molecule has 5 rings (SSSR count). The van der Waals surface area contributed by atoms with Crippen molar-refractivity contribution >= 4 is 11.7 Å². The van der Waals surface area contributed by atoms with E-state index in [2.05, 4.69) is 17.6 Å². The number of urea groups is 1. The van der Waals surface area contributed by atoms with Crippen LogP contribution in [0.2, 0.25) is 0 Å². The normalized spacial score (nSPS) is 36.7. The van der Waals surface area contributed by atoms with Crippen molar-refractivity contribution < 1.29 is 22.7 Å². The lowest BCUT2D eigenvalue weighted by molar-refractivity contribution is -0.273. The molecule has 4 fully saturated rings. The van der Waals surface area contributed by atoms with Gasteiger partial charge in [-0.25, -0.2) is 18.0 Å². The largest absolute Gasteiger partial charge is 0.350 e. The molecule has 2 saturated carbocycles. The molecule has 2 aliphatic heterocycles. The topological polar surface area (TPSA) is 50.4 Å². The molecule has 3 unspecified atom stereocenters. The fourth-order valence-electron chi connectivity index (χ4n) is 5.02. The fraction of sp³-hybridized carbons (Fsp3) is 0.588. The second kappa shape index (κ2) is 5.12. The number of halogens is 3. The summed E-state index contributed by atoms with van der Waals surface area (Å²) in [7, 11) is 0. The van der Waals surface area contributed by atoms with Crippen molar-refractivity contribution in [3.63, 3.8) is 0 Å². The fourth-order valence-corrected chi connectivity index (χ4v) is 5.02. The number of anilines is 1. The van der Waals surface area contributed by atoms with Crippen LogP contribution in [0.1, 0.15) is 39.0 Å². The number of carbonyl (C=O) groups is 1. The first kappa shape index (κ1) is 15.7. The first-order valence-electron chi connectivity index (χ1n) is 8.20. The maximum atomic E-state index is 13.7. The van der Waals surface area contributed by atoms with Crippen LogP contribution in [0.15, 0.2) is 12.1 Å². The molecule has 2 amide bonds. The van der Waals surface area contributed by atoms with Gasteiger partial charge in [-0.15, -0.1) is 0 Å². The molecule has 1 aromatic rings. The van der Waals surface area contributed by atoms with Gasteiger partial charge in [-0.1, -0.05) is 0 Å².